The third-order valence-electron chi connectivity index (χ3n) is 4.90. The highest BCUT2D eigenvalue weighted by atomic mass is 16.5. The lowest BCUT2D eigenvalue weighted by molar-refractivity contribution is 0.0950. The van der Waals surface area contributed by atoms with Crippen LogP contribution in [0.5, 0.6) is 0 Å². The van der Waals surface area contributed by atoms with Crippen molar-refractivity contribution in [2.24, 2.45) is 0 Å². The Hall–Kier alpha value is -3.71. The molecule has 0 radical (unpaired) electrons. The predicted octanol–water partition coefficient (Wildman–Crippen LogP) is 2.76. The van der Waals surface area contributed by atoms with Gasteiger partial charge in [0.05, 0.1) is 30.8 Å². The van der Waals surface area contributed by atoms with Gasteiger partial charge in [0.25, 0.3) is 11.5 Å². The highest BCUT2D eigenvalue weighted by Gasteiger charge is 2.12. The number of ether oxygens (including phenoxy) is 1. The highest BCUT2D eigenvalue weighted by molar-refractivity contribution is 5.94. The minimum Gasteiger partial charge on any atom is -0.383 e. The third kappa shape index (κ3) is 4.01. The molecule has 2 aromatic carbocycles. The van der Waals surface area contributed by atoms with Gasteiger partial charge in [0.1, 0.15) is 0 Å². The summed E-state index contributed by atoms with van der Waals surface area (Å²) in [5, 5.41) is 8.68. The van der Waals surface area contributed by atoms with Gasteiger partial charge < -0.3 is 14.6 Å². The molecule has 4 aromatic rings. The number of hydrogen-bond acceptors (Lipinski definition) is 4. The standard InChI is InChI=1S/C23H22N4O3/c1-30-15-14-27-23(29)20-7-3-2-6-19(20)21(25-27)16-24-22(28)17-8-10-18(11-9-17)26-12-4-5-13-26/h2-13H,14-16H2,1H3,(H,24,28). The molecule has 0 saturated heterocycles. The maximum Gasteiger partial charge on any atom is 0.274 e. The summed E-state index contributed by atoms with van der Waals surface area (Å²) in [7, 11) is 1.58. The van der Waals surface area contributed by atoms with Crippen molar-refractivity contribution in [3.8, 4) is 5.69 Å². The molecule has 1 N–H and O–H groups in total. The van der Waals surface area contributed by atoms with E-state index in [1.807, 2.05) is 59.4 Å². The number of benzene rings is 2. The van der Waals surface area contributed by atoms with E-state index in [0.717, 1.165) is 11.1 Å². The number of carbonyl (C=O) groups excluding carboxylic acids is 1. The van der Waals surface area contributed by atoms with Crippen molar-refractivity contribution < 1.29 is 9.53 Å². The lowest BCUT2D eigenvalue weighted by Gasteiger charge is -2.12. The number of nitrogens with zero attached hydrogens (tertiary/aromatic N) is 3. The molecule has 1 amide bonds. The van der Waals surface area contributed by atoms with Crippen LogP contribution in [0, 0.1) is 0 Å². The Morgan fingerprint density at radius 2 is 1.70 bits per heavy atom. The Morgan fingerprint density at radius 3 is 2.40 bits per heavy atom. The van der Waals surface area contributed by atoms with E-state index in [0.29, 0.717) is 29.8 Å². The van der Waals surface area contributed by atoms with Gasteiger partial charge >= 0.3 is 0 Å². The van der Waals surface area contributed by atoms with E-state index in [2.05, 4.69) is 10.4 Å². The van der Waals surface area contributed by atoms with Crippen LogP contribution in [0.15, 0.2) is 77.9 Å². The molecule has 0 aliphatic heterocycles. The van der Waals surface area contributed by atoms with Gasteiger partial charge in [0.2, 0.25) is 0 Å². The van der Waals surface area contributed by atoms with Gasteiger partial charge in [-0.15, -0.1) is 0 Å². The van der Waals surface area contributed by atoms with Crippen LogP contribution in [-0.4, -0.2) is 34.0 Å². The van der Waals surface area contributed by atoms with Crippen molar-refractivity contribution in [1.82, 2.24) is 19.7 Å². The molecule has 7 heteroatoms. The van der Waals surface area contributed by atoms with Gasteiger partial charge in [-0.05, 0) is 42.5 Å². The number of hydrogen-bond donors (Lipinski definition) is 1. The Labute approximate surface area is 173 Å². The number of methoxy groups -OCH3 is 1. The van der Waals surface area contributed by atoms with E-state index in [1.165, 1.54) is 4.68 Å². The summed E-state index contributed by atoms with van der Waals surface area (Å²) in [5.41, 5.74) is 2.01. The minimum atomic E-state index is -0.199. The Bertz CT molecular complexity index is 1210. The molecule has 152 valence electrons. The first kappa shape index (κ1) is 19.6. The van der Waals surface area contributed by atoms with Crippen LogP contribution in [0.2, 0.25) is 0 Å². The van der Waals surface area contributed by atoms with Gasteiger partial charge in [-0.25, -0.2) is 4.68 Å². The molecule has 0 unspecified atom stereocenters. The summed E-state index contributed by atoms with van der Waals surface area (Å²) in [5.74, 6) is -0.199. The molecule has 0 bridgehead atoms. The van der Waals surface area contributed by atoms with Crippen LogP contribution in [0.1, 0.15) is 16.1 Å². The molecule has 2 aromatic heterocycles. The van der Waals surface area contributed by atoms with Crippen molar-refractivity contribution in [2.45, 2.75) is 13.1 Å². The minimum absolute atomic E-state index is 0.168. The van der Waals surface area contributed by atoms with E-state index in [9.17, 15) is 9.59 Å². The molecule has 0 atom stereocenters. The first-order chi connectivity index (χ1) is 14.7. The normalized spacial score (nSPS) is 11.0. The Balaban J connectivity index is 1.54. The molecule has 0 spiro atoms. The van der Waals surface area contributed by atoms with Crippen LogP contribution >= 0.6 is 0 Å². The first-order valence-electron chi connectivity index (χ1n) is 9.66. The summed E-state index contributed by atoms with van der Waals surface area (Å²) in [6.45, 7) is 0.943. The molecule has 30 heavy (non-hydrogen) atoms. The average molecular weight is 402 g/mol. The quantitative estimate of drug-likeness (QED) is 0.516. The van der Waals surface area contributed by atoms with E-state index in [-0.39, 0.29) is 18.0 Å². The van der Waals surface area contributed by atoms with E-state index in [4.69, 9.17) is 4.74 Å². The van der Waals surface area contributed by atoms with Gasteiger partial charge in [-0.3, -0.25) is 9.59 Å². The fourth-order valence-electron chi connectivity index (χ4n) is 3.32. The number of nitrogens with one attached hydrogen (secondary N) is 1. The van der Waals surface area contributed by atoms with Gasteiger partial charge in [-0.1, -0.05) is 18.2 Å². The third-order valence-corrected chi connectivity index (χ3v) is 4.90. The second kappa shape index (κ2) is 8.75. The summed E-state index contributed by atoms with van der Waals surface area (Å²) >= 11 is 0. The van der Waals surface area contributed by atoms with Crippen LogP contribution in [0.25, 0.3) is 16.5 Å². The zero-order valence-corrected chi connectivity index (χ0v) is 16.6. The monoisotopic (exact) mass is 402 g/mol. The molecule has 7 nitrogen and oxygen atoms in total. The SMILES string of the molecule is COCCn1nc(CNC(=O)c2ccc(-n3cccc3)cc2)c2ccccc2c1=O. The zero-order chi connectivity index (χ0) is 20.9. The zero-order valence-electron chi connectivity index (χ0n) is 16.6. The molecule has 0 fully saturated rings. The molecule has 2 heterocycles. The van der Waals surface area contributed by atoms with Crippen molar-refractivity contribution in [3.63, 3.8) is 0 Å². The maximum absolute atomic E-state index is 12.6. The number of fused-ring (bicyclic) bond motifs is 1. The van der Waals surface area contributed by atoms with Crippen LogP contribution < -0.4 is 10.9 Å². The fourth-order valence-corrected chi connectivity index (χ4v) is 3.32. The number of carbonyl (C=O) groups is 1. The van der Waals surface area contributed by atoms with Crippen molar-refractivity contribution in [3.05, 3.63) is 94.7 Å². The van der Waals surface area contributed by atoms with Gasteiger partial charge in [0.15, 0.2) is 0 Å². The predicted molar refractivity (Wildman–Crippen MR) is 115 cm³/mol. The average Bonchev–Trinajstić information content (AvgIpc) is 3.33. The topological polar surface area (TPSA) is 78.2 Å². The van der Waals surface area contributed by atoms with Crippen LogP contribution in [0.4, 0.5) is 0 Å². The molecular formula is C23H22N4O3. The van der Waals surface area contributed by atoms with Crippen molar-refractivity contribution in [2.75, 3.05) is 13.7 Å². The molecule has 0 aliphatic rings. The second-order valence-electron chi connectivity index (χ2n) is 6.83. The first-order valence-corrected chi connectivity index (χ1v) is 9.66. The maximum atomic E-state index is 12.6. The molecule has 0 aliphatic carbocycles. The van der Waals surface area contributed by atoms with E-state index >= 15 is 0 Å². The summed E-state index contributed by atoms with van der Waals surface area (Å²) in [6.07, 6.45) is 3.90. The smallest absolute Gasteiger partial charge is 0.274 e. The highest BCUT2D eigenvalue weighted by Crippen LogP contribution is 2.14. The lowest BCUT2D eigenvalue weighted by atomic mass is 10.1. The molecule has 4 rings (SSSR count). The van der Waals surface area contributed by atoms with Gasteiger partial charge in [-0.2, -0.15) is 5.10 Å². The summed E-state index contributed by atoms with van der Waals surface area (Å²) in [4.78, 5) is 25.3. The summed E-state index contributed by atoms with van der Waals surface area (Å²) in [6, 6.07) is 18.6. The van der Waals surface area contributed by atoms with Crippen LogP contribution in [0.3, 0.4) is 0 Å². The Morgan fingerprint density at radius 1 is 1.00 bits per heavy atom. The van der Waals surface area contributed by atoms with Crippen molar-refractivity contribution in [1.29, 1.82) is 0 Å². The number of amides is 1. The lowest BCUT2D eigenvalue weighted by Crippen LogP contribution is -2.29. The van der Waals surface area contributed by atoms with E-state index < -0.39 is 0 Å². The van der Waals surface area contributed by atoms with Crippen molar-refractivity contribution >= 4 is 16.7 Å². The largest absolute Gasteiger partial charge is 0.383 e. The van der Waals surface area contributed by atoms with Gasteiger partial charge in [0, 0.05) is 36.1 Å². The fraction of sp³-hybridized carbons (Fsp3) is 0.174. The Kier molecular flexibility index (Phi) is 5.72. The number of aromatic nitrogens is 3. The van der Waals surface area contributed by atoms with E-state index in [1.54, 1.807) is 25.3 Å². The second-order valence-corrected chi connectivity index (χ2v) is 6.83. The number of rotatable bonds is 7. The molecular weight excluding hydrogens is 380 g/mol. The molecule has 0 saturated carbocycles. The summed E-state index contributed by atoms with van der Waals surface area (Å²) < 4.78 is 8.44. The van der Waals surface area contributed by atoms with Crippen LogP contribution in [-0.2, 0) is 17.8 Å².